The summed E-state index contributed by atoms with van der Waals surface area (Å²) in [5.41, 5.74) is -0.424. The van der Waals surface area contributed by atoms with Gasteiger partial charge in [-0.1, -0.05) is 0 Å². The largest absolute Gasteiger partial charge is 0.444 e. The van der Waals surface area contributed by atoms with Gasteiger partial charge in [0.25, 0.3) is 0 Å². The van der Waals surface area contributed by atoms with Gasteiger partial charge in [-0.15, -0.1) is 11.3 Å². The van der Waals surface area contributed by atoms with Gasteiger partial charge in [0.05, 0.1) is 0 Å². The first kappa shape index (κ1) is 14.6. The van der Waals surface area contributed by atoms with Crippen LogP contribution >= 0.6 is 11.3 Å². The quantitative estimate of drug-likeness (QED) is 0.908. The minimum Gasteiger partial charge on any atom is -0.444 e. The van der Waals surface area contributed by atoms with E-state index in [2.05, 4.69) is 10.3 Å². The molecular formula is C15H23N3O2S. The molecule has 1 aromatic rings. The summed E-state index contributed by atoms with van der Waals surface area (Å²) in [5.74, 6) is 0. The van der Waals surface area contributed by atoms with Crippen molar-refractivity contribution in [2.45, 2.75) is 70.2 Å². The smallest absolute Gasteiger partial charge is 0.410 e. The molecule has 0 aromatic carbocycles. The summed E-state index contributed by atoms with van der Waals surface area (Å²) in [7, 11) is 0. The van der Waals surface area contributed by atoms with Gasteiger partial charge in [-0.3, -0.25) is 0 Å². The van der Waals surface area contributed by atoms with E-state index in [4.69, 9.17) is 4.74 Å². The summed E-state index contributed by atoms with van der Waals surface area (Å²) < 4.78 is 5.56. The zero-order valence-electron chi connectivity index (χ0n) is 12.8. The van der Waals surface area contributed by atoms with Crippen molar-refractivity contribution < 1.29 is 9.53 Å². The first-order valence-electron chi connectivity index (χ1n) is 7.60. The summed E-state index contributed by atoms with van der Waals surface area (Å²) in [6.07, 6.45) is 5.80. The Labute approximate surface area is 129 Å². The molecule has 21 heavy (non-hydrogen) atoms. The number of ether oxygens (including phenoxy) is 1. The molecule has 6 heteroatoms. The standard InChI is InChI=1S/C15H23N3O2S/c1-15(2,3)20-14(19)18-11-4-5-12(18)9-10(8-11)17-13-16-6-7-21-13/h6-7,10-12H,4-5,8-9H2,1-3H3,(H,16,17). The second-order valence-corrected chi connectivity index (χ2v) is 7.82. The molecule has 2 unspecified atom stereocenters. The Morgan fingerprint density at radius 1 is 1.38 bits per heavy atom. The summed E-state index contributed by atoms with van der Waals surface area (Å²) in [6.45, 7) is 5.76. The third kappa shape index (κ3) is 3.31. The lowest BCUT2D eigenvalue weighted by molar-refractivity contribution is 0.00684. The van der Waals surface area contributed by atoms with Crippen LogP contribution in [0.1, 0.15) is 46.5 Å². The molecule has 2 bridgehead atoms. The topological polar surface area (TPSA) is 54.5 Å². The fourth-order valence-corrected chi connectivity index (χ4v) is 3.98. The van der Waals surface area contributed by atoms with E-state index in [0.29, 0.717) is 18.1 Å². The molecule has 2 fully saturated rings. The Morgan fingerprint density at radius 3 is 2.57 bits per heavy atom. The molecule has 1 N–H and O–H groups in total. The number of piperidine rings is 1. The number of rotatable bonds is 2. The van der Waals surface area contributed by atoms with Gasteiger partial charge in [-0.2, -0.15) is 0 Å². The Kier molecular flexibility index (Phi) is 3.82. The molecule has 2 aliphatic heterocycles. The van der Waals surface area contributed by atoms with Gasteiger partial charge in [-0.05, 0) is 46.5 Å². The van der Waals surface area contributed by atoms with E-state index in [9.17, 15) is 4.79 Å². The Balaban J connectivity index is 1.63. The minimum atomic E-state index is -0.424. The minimum absolute atomic E-state index is 0.150. The number of carbonyl (C=O) groups is 1. The normalized spacial score (nSPS) is 28.5. The molecule has 3 rings (SSSR count). The highest BCUT2D eigenvalue weighted by Crippen LogP contribution is 2.37. The number of anilines is 1. The van der Waals surface area contributed by atoms with Crippen LogP contribution in [0.25, 0.3) is 0 Å². The molecule has 0 saturated carbocycles. The number of carbonyl (C=O) groups excluding carboxylic acids is 1. The highest BCUT2D eigenvalue weighted by atomic mass is 32.1. The molecule has 2 aliphatic rings. The van der Waals surface area contributed by atoms with Gasteiger partial charge in [-0.25, -0.2) is 9.78 Å². The third-order valence-electron chi connectivity index (χ3n) is 4.10. The molecule has 0 radical (unpaired) electrons. The average Bonchev–Trinajstić information content (AvgIpc) is 2.94. The van der Waals surface area contributed by atoms with Crippen LogP contribution in [-0.4, -0.2) is 39.7 Å². The van der Waals surface area contributed by atoms with Crippen LogP contribution in [0.15, 0.2) is 11.6 Å². The molecule has 2 saturated heterocycles. The predicted molar refractivity (Wildman–Crippen MR) is 83.6 cm³/mol. The van der Waals surface area contributed by atoms with E-state index in [1.54, 1.807) is 11.3 Å². The monoisotopic (exact) mass is 309 g/mol. The van der Waals surface area contributed by atoms with Crippen LogP contribution < -0.4 is 5.32 Å². The number of hydrogen-bond acceptors (Lipinski definition) is 5. The second-order valence-electron chi connectivity index (χ2n) is 6.92. The number of fused-ring (bicyclic) bond motifs is 2. The molecule has 0 aliphatic carbocycles. The molecule has 2 atom stereocenters. The number of thiazole rings is 1. The van der Waals surface area contributed by atoms with Gasteiger partial charge >= 0.3 is 6.09 Å². The summed E-state index contributed by atoms with van der Waals surface area (Å²) in [5, 5.41) is 6.45. The highest BCUT2D eigenvalue weighted by molar-refractivity contribution is 7.13. The van der Waals surface area contributed by atoms with E-state index >= 15 is 0 Å². The van der Waals surface area contributed by atoms with Crippen molar-refractivity contribution >= 4 is 22.6 Å². The molecule has 0 spiro atoms. The maximum Gasteiger partial charge on any atom is 0.410 e. The number of nitrogens with zero attached hydrogens (tertiary/aromatic N) is 2. The molecule has 116 valence electrons. The molecule has 1 aromatic heterocycles. The van der Waals surface area contributed by atoms with Crippen molar-refractivity contribution in [2.24, 2.45) is 0 Å². The first-order chi connectivity index (χ1) is 9.92. The van der Waals surface area contributed by atoms with Gasteiger partial charge in [0, 0.05) is 29.7 Å². The number of aromatic nitrogens is 1. The van der Waals surface area contributed by atoms with E-state index in [1.807, 2.05) is 37.2 Å². The zero-order valence-corrected chi connectivity index (χ0v) is 13.7. The molecule has 3 heterocycles. The van der Waals surface area contributed by atoms with E-state index in [-0.39, 0.29) is 6.09 Å². The van der Waals surface area contributed by atoms with E-state index in [0.717, 1.165) is 30.8 Å². The Bertz CT molecular complexity index is 484. The molecule has 5 nitrogen and oxygen atoms in total. The van der Waals surface area contributed by atoms with Gasteiger partial charge in [0.1, 0.15) is 5.60 Å². The van der Waals surface area contributed by atoms with Crippen molar-refractivity contribution in [3.8, 4) is 0 Å². The molecular weight excluding hydrogens is 286 g/mol. The Hall–Kier alpha value is -1.30. The third-order valence-corrected chi connectivity index (χ3v) is 4.80. The number of nitrogens with one attached hydrogen (secondary N) is 1. The van der Waals surface area contributed by atoms with Crippen LogP contribution in [-0.2, 0) is 4.74 Å². The van der Waals surface area contributed by atoms with Crippen LogP contribution in [0.4, 0.5) is 9.93 Å². The lowest BCUT2D eigenvalue weighted by Crippen LogP contribution is -2.51. The predicted octanol–water partition coefficient (Wildman–Crippen LogP) is 3.49. The average molecular weight is 309 g/mol. The number of hydrogen-bond donors (Lipinski definition) is 1. The van der Waals surface area contributed by atoms with E-state index < -0.39 is 5.60 Å². The first-order valence-corrected chi connectivity index (χ1v) is 8.48. The fraction of sp³-hybridized carbons (Fsp3) is 0.733. The fourth-order valence-electron chi connectivity index (χ4n) is 3.38. The maximum absolute atomic E-state index is 12.4. The van der Waals surface area contributed by atoms with Crippen molar-refractivity contribution in [3.05, 3.63) is 11.6 Å². The van der Waals surface area contributed by atoms with Crippen LogP contribution in [0.2, 0.25) is 0 Å². The Morgan fingerprint density at radius 2 is 2.05 bits per heavy atom. The van der Waals surface area contributed by atoms with Crippen molar-refractivity contribution in [1.82, 2.24) is 9.88 Å². The SMILES string of the molecule is CC(C)(C)OC(=O)N1C2CCC1CC(Nc1nccs1)C2. The second kappa shape index (κ2) is 5.48. The van der Waals surface area contributed by atoms with Crippen LogP contribution in [0, 0.1) is 0 Å². The maximum atomic E-state index is 12.4. The van der Waals surface area contributed by atoms with E-state index in [1.165, 1.54) is 0 Å². The summed E-state index contributed by atoms with van der Waals surface area (Å²) in [6, 6.07) is 1.01. The highest BCUT2D eigenvalue weighted by Gasteiger charge is 2.44. The van der Waals surface area contributed by atoms with Crippen LogP contribution in [0.3, 0.4) is 0 Å². The summed E-state index contributed by atoms with van der Waals surface area (Å²) in [4.78, 5) is 18.6. The lowest BCUT2D eigenvalue weighted by Gasteiger charge is -2.39. The van der Waals surface area contributed by atoms with Gasteiger partial charge in [0.2, 0.25) is 0 Å². The molecule has 1 amide bonds. The van der Waals surface area contributed by atoms with Crippen LogP contribution in [0.5, 0.6) is 0 Å². The van der Waals surface area contributed by atoms with Gasteiger partial charge < -0.3 is 15.0 Å². The summed E-state index contributed by atoms with van der Waals surface area (Å²) >= 11 is 1.63. The van der Waals surface area contributed by atoms with Crippen molar-refractivity contribution in [2.75, 3.05) is 5.32 Å². The van der Waals surface area contributed by atoms with Gasteiger partial charge in [0.15, 0.2) is 5.13 Å². The number of amides is 1. The van der Waals surface area contributed by atoms with Crippen molar-refractivity contribution in [1.29, 1.82) is 0 Å². The van der Waals surface area contributed by atoms with Crippen molar-refractivity contribution in [3.63, 3.8) is 0 Å². The lowest BCUT2D eigenvalue weighted by atomic mass is 9.98. The zero-order chi connectivity index (χ0) is 15.0.